The van der Waals surface area contributed by atoms with Crippen LogP contribution in [0.1, 0.15) is 6.92 Å². The molecule has 8 nitrogen and oxygen atoms in total. The molecule has 0 spiro atoms. The third-order valence-electron chi connectivity index (χ3n) is 3.10. The van der Waals surface area contributed by atoms with Gasteiger partial charge in [-0.15, -0.1) is 0 Å². The van der Waals surface area contributed by atoms with Crippen molar-refractivity contribution in [1.29, 1.82) is 0 Å². The highest BCUT2D eigenvalue weighted by Crippen LogP contribution is 2.24. The van der Waals surface area contributed by atoms with Crippen LogP contribution in [0.4, 0.5) is 11.9 Å². The number of aromatic nitrogens is 3. The Kier molecular flexibility index (Phi) is 5.78. The fourth-order valence-electron chi connectivity index (χ4n) is 1.87. The second-order valence-electron chi connectivity index (χ2n) is 5.00. The average Bonchev–Trinajstić information content (AvgIpc) is 2.54. The molecule has 1 aromatic rings. The zero-order chi connectivity index (χ0) is 16.1. The maximum absolute atomic E-state index is 11.6. The van der Waals surface area contributed by atoms with Gasteiger partial charge in [-0.05, 0) is 6.92 Å². The molecule has 22 heavy (non-hydrogen) atoms. The molecule has 2 heterocycles. The molecule has 0 amide bonds. The Balaban J connectivity index is 2.24. The standard InChI is InChI=1S/C13H21N5O3S/c1-9(10(19)20-4)22-13-15-11(17(2)3)14-12(16-13)18-5-7-21-8-6-18/h9H,5-8H2,1-4H3/t9-/m0/s1. The zero-order valence-corrected chi connectivity index (χ0v) is 14.1. The fraction of sp³-hybridized carbons (Fsp3) is 0.692. The van der Waals surface area contributed by atoms with E-state index >= 15 is 0 Å². The Labute approximate surface area is 134 Å². The van der Waals surface area contributed by atoms with Crippen LogP contribution in [0.3, 0.4) is 0 Å². The van der Waals surface area contributed by atoms with Gasteiger partial charge in [-0.1, -0.05) is 11.8 Å². The van der Waals surface area contributed by atoms with Crippen LogP contribution in [-0.2, 0) is 14.3 Å². The average molecular weight is 327 g/mol. The molecular weight excluding hydrogens is 306 g/mol. The lowest BCUT2D eigenvalue weighted by molar-refractivity contribution is -0.139. The van der Waals surface area contributed by atoms with Crippen LogP contribution in [-0.4, -0.2) is 73.7 Å². The van der Waals surface area contributed by atoms with E-state index in [1.165, 1.54) is 18.9 Å². The highest BCUT2D eigenvalue weighted by Gasteiger charge is 2.21. The molecule has 1 saturated heterocycles. The summed E-state index contributed by atoms with van der Waals surface area (Å²) in [5.41, 5.74) is 0. The number of anilines is 2. The van der Waals surface area contributed by atoms with E-state index in [9.17, 15) is 4.79 Å². The zero-order valence-electron chi connectivity index (χ0n) is 13.3. The largest absolute Gasteiger partial charge is 0.468 e. The van der Waals surface area contributed by atoms with E-state index in [1.807, 2.05) is 19.0 Å². The van der Waals surface area contributed by atoms with Crippen molar-refractivity contribution in [2.75, 3.05) is 57.3 Å². The molecule has 1 atom stereocenters. The quantitative estimate of drug-likeness (QED) is 0.565. The number of hydrogen-bond acceptors (Lipinski definition) is 9. The van der Waals surface area contributed by atoms with Crippen molar-refractivity contribution in [3.63, 3.8) is 0 Å². The Hall–Kier alpha value is -1.61. The number of nitrogens with zero attached hydrogens (tertiary/aromatic N) is 5. The molecule has 0 N–H and O–H groups in total. The molecule has 1 aliphatic rings. The van der Waals surface area contributed by atoms with E-state index in [0.717, 1.165) is 13.1 Å². The third-order valence-corrected chi connectivity index (χ3v) is 4.04. The van der Waals surface area contributed by atoms with Crippen LogP contribution in [0.2, 0.25) is 0 Å². The molecule has 2 rings (SSSR count). The van der Waals surface area contributed by atoms with Crippen molar-refractivity contribution in [3.05, 3.63) is 0 Å². The van der Waals surface area contributed by atoms with Crippen LogP contribution in [0.25, 0.3) is 0 Å². The van der Waals surface area contributed by atoms with Gasteiger partial charge in [0.05, 0.1) is 20.3 Å². The van der Waals surface area contributed by atoms with Crippen molar-refractivity contribution in [1.82, 2.24) is 15.0 Å². The number of carbonyl (C=O) groups excluding carboxylic acids is 1. The van der Waals surface area contributed by atoms with Crippen molar-refractivity contribution < 1.29 is 14.3 Å². The fourth-order valence-corrected chi connectivity index (χ4v) is 2.64. The summed E-state index contributed by atoms with van der Waals surface area (Å²) in [6.45, 7) is 4.57. The van der Waals surface area contributed by atoms with Gasteiger partial charge >= 0.3 is 5.97 Å². The summed E-state index contributed by atoms with van der Waals surface area (Å²) in [5, 5.41) is 0.137. The minimum Gasteiger partial charge on any atom is -0.468 e. The summed E-state index contributed by atoms with van der Waals surface area (Å²) in [6, 6.07) is 0. The molecule has 0 aliphatic carbocycles. The Morgan fingerprint density at radius 3 is 2.59 bits per heavy atom. The van der Waals surface area contributed by atoms with Gasteiger partial charge in [0.2, 0.25) is 11.9 Å². The van der Waals surface area contributed by atoms with Gasteiger partial charge in [0.1, 0.15) is 5.25 Å². The Morgan fingerprint density at radius 1 is 1.32 bits per heavy atom. The van der Waals surface area contributed by atoms with Crippen LogP contribution in [0.5, 0.6) is 0 Å². The molecule has 9 heteroatoms. The van der Waals surface area contributed by atoms with Gasteiger partial charge in [0, 0.05) is 27.2 Å². The molecule has 0 bridgehead atoms. The van der Waals surface area contributed by atoms with E-state index in [4.69, 9.17) is 9.47 Å². The van der Waals surface area contributed by atoms with E-state index in [-0.39, 0.29) is 11.2 Å². The molecule has 0 unspecified atom stereocenters. The van der Waals surface area contributed by atoms with Crippen molar-refractivity contribution in [3.8, 4) is 0 Å². The smallest absolute Gasteiger partial charge is 0.318 e. The molecule has 122 valence electrons. The van der Waals surface area contributed by atoms with E-state index in [0.29, 0.717) is 30.3 Å². The van der Waals surface area contributed by atoms with Crippen LogP contribution in [0.15, 0.2) is 5.16 Å². The lowest BCUT2D eigenvalue weighted by atomic mass is 10.4. The second kappa shape index (κ2) is 7.59. The molecule has 0 aromatic carbocycles. The molecular formula is C13H21N5O3S. The Bertz CT molecular complexity index is 522. The van der Waals surface area contributed by atoms with Gasteiger partial charge in [-0.2, -0.15) is 15.0 Å². The summed E-state index contributed by atoms with van der Waals surface area (Å²) in [7, 11) is 5.12. The van der Waals surface area contributed by atoms with Crippen LogP contribution >= 0.6 is 11.8 Å². The summed E-state index contributed by atoms with van der Waals surface area (Å²) < 4.78 is 10.1. The molecule has 0 saturated carbocycles. The summed E-state index contributed by atoms with van der Waals surface area (Å²) in [4.78, 5) is 28.8. The number of carbonyl (C=O) groups is 1. The van der Waals surface area contributed by atoms with E-state index < -0.39 is 0 Å². The number of thioether (sulfide) groups is 1. The maximum atomic E-state index is 11.6. The van der Waals surface area contributed by atoms with Gasteiger partial charge in [0.25, 0.3) is 0 Å². The minimum absolute atomic E-state index is 0.301. The normalized spacial score (nSPS) is 16.3. The first-order valence-electron chi connectivity index (χ1n) is 7.02. The van der Waals surface area contributed by atoms with Crippen molar-refractivity contribution in [2.45, 2.75) is 17.3 Å². The van der Waals surface area contributed by atoms with E-state index in [2.05, 4.69) is 19.9 Å². The first-order chi connectivity index (χ1) is 10.5. The summed E-state index contributed by atoms with van der Waals surface area (Å²) in [6.07, 6.45) is 0. The first kappa shape index (κ1) is 16.8. The molecule has 1 aliphatic heterocycles. The molecule has 0 radical (unpaired) electrons. The van der Waals surface area contributed by atoms with Crippen LogP contribution < -0.4 is 9.80 Å². The van der Waals surface area contributed by atoms with Gasteiger partial charge < -0.3 is 19.3 Å². The number of hydrogen-bond donors (Lipinski definition) is 0. The number of rotatable bonds is 5. The lowest BCUT2D eigenvalue weighted by Crippen LogP contribution is -2.37. The predicted molar refractivity (Wildman–Crippen MR) is 84.5 cm³/mol. The molecule has 1 fully saturated rings. The summed E-state index contributed by atoms with van der Waals surface area (Å²) >= 11 is 1.26. The van der Waals surface area contributed by atoms with E-state index in [1.54, 1.807) is 6.92 Å². The van der Waals surface area contributed by atoms with Crippen LogP contribution in [0, 0.1) is 0 Å². The second-order valence-corrected chi connectivity index (χ2v) is 6.30. The highest BCUT2D eigenvalue weighted by atomic mass is 32.2. The summed E-state index contributed by atoms with van der Waals surface area (Å²) in [5.74, 6) is 0.877. The topological polar surface area (TPSA) is 80.7 Å². The number of methoxy groups -OCH3 is 1. The minimum atomic E-state index is -0.375. The lowest BCUT2D eigenvalue weighted by Gasteiger charge is -2.27. The maximum Gasteiger partial charge on any atom is 0.318 e. The highest BCUT2D eigenvalue weighted by molar-refractivity contribution is 8.00. The van der Waals surface area contributed by atoms with Gasteiger partial charge in [-0.3, -0.25) is 4.79 Å². The third kappa shape index (κ3) is 4.20. The Morgan fingerprint density at radius 2 is 2.00 bits per heavy atom. The molecule has 1 aromatic heterocycles. The monoisotopic (exact) mass is 327 g/mol. The number of esters is 1. The van der Waals surface area contributed by atoms with Gasteiger partial charge in [-0.25, -0.2) is 0 Å². The van der Waals surface area contributed by atoms with Crippen molar-refractivity contribution >= 4 is 29.6 Å². The first-order valence-corrected chi connectivity index (χ1v) is 7.90. The number of morpholine rings is 1. The SMILES string of the molecule is COC(=O)[C@H](C)Sc1nc(N(C)C)nc(N2CCOCC2)n1. The number of ether oxygens (including phenoxy) is 2. The van der Waals surface area contributed by atoms with Crippen molar-refractivity contribution in [2.24, 2.45) is 0 Å². The van der Waals surface area contributed by atoms with Gasteiger partial charge in [0.15, 0.2) is 5.16 Å². The predicted octanol–water partition coefficient (Wildman–Crippen LogP) is 0.428.